The van der Waals surface area contributed by atoms with Gasteiger partial charge in [-0.25, -0.2) is 0 Å². The Labute approximate surface area is 159 Å². The molecule has 0 saturated heterocycles. The predicted molar refractivity (Wildman–Crippen MR) is 106 cm³/mol. The molecular formula is C20H27N3O2S. The van der Waals surface area contributed by atoms with Crippen LogP contribution < -0.4 is 10.6 Å². The van der Waals surface area contributed by atoms with E-state index >= 15 is 0 Å². The van der Waals surface area contributed by atoms with E-state index in [1.54, 1.807) is 6.07 Å². The lowest BCUT2D eigenvalue weighted by molar-refractivity contribution is -0.121. The molecule has 0 bridgehead atoms. The summed E-state index contributed by atoms with van der Waals surface area (Å²) < 4.78 is 0. The summed E-state index contributed by atoms with van der Waals surface area (Å²) in [6.45, 7) is 8.04. The van der Waals surface area contributed by atoms with Gasteiger partial charge in [0.15, 0.2) is 0 Å². The largest absolute Gasteiger partial charge is 0.352 e. The van der Waals surface area contributed by atoms with Gasteiger partial charge in [-0.1, -0.05) is 44.2 Å². The molecule has 1 aromatic heterocycles. The number of thiophene rings is 1. The van der Waals surface area contributed by atoms with Crippen LogP contribution in [0.1, 0.15) is 41.1 Å². The molecule has 1 heterocycles. The zero-order valence-electron chi connectivity index (χ0n) is 15.5. The lowest BCUT2D eigenvalue weighted by atomic mass is 10.1. The Kier molecular flexibility index (Phi) is 8.31. The predicted octanol–water partition coefficient (Wildman–Crippen LogP) is 3.03. The standard InChI is InChI=1S/C20H27N3O2S/c1-3-23(4-2)15-17-9-6-5-8-16(17)14-22-19(24)11-12-21-20(25)18-10-7-13-26-18/h5-10,13H,3-4,11-12,14-15H2,1-2H3,(H,21,25)(H,22,24). The average molecular weight is 374 g/mol. The highest BCUT2D eigenvalue weighted by Crippen LogP contribution is 2.12. The van der Waals surface area contributed by atoms with Crippen molar-refractivity contribution in [3.8, 4) is 0 Å². The van der Waals surface area contributed by atoms with Crippen LogP contribution in [0, 0.1) is 0 Å². The maximum atomic E-state index is 12.1. The molecule has 0 aliphatic carbocycles. The third-order valence-electron chi connectivity index (χ3n) is 4.27. The van der Waals surface area contributed by atoms with E-state index in [0.717, 1.165) is 25.2 Å². The second-order valence-electron chi connectivity index (χ2n) is 5.99. The van der Waals surface area contributed by atoms with E-state index in [9.17, 15) is 9.59 Å². The van der Waals surface area contributed by atoms with Crippen molar-refractivity contribution in [3.05, 3.63) is 57.8 Å². The highest BCUT2D eigenvalue weighted by atomic mass is 32.1. The summed E-state index contributed by atoms with van der Waals surface area (Å²) in [6, 6.07) is 11.8. The van der Waals surface area contributed by atoms with E-state index in [0.29, 0.717) is 18.0 Å². The zero-order valence-corrected chi connectivity index (χ0v) is 16.3. The molecule has 6 heteroatoms. The molecule has 0 radical (unpaired) electrons. The number of benzene rings is 1. The Morgan fingerprint density at radius 1 is 1.00 bits per heavy atom. The minimum Gasteiger partial charge on any atom is -0.352 e. The van der Waals surface area contributed by atoms with Crippen LogP contribution in [0.2, 0.25) is 0 Å². The molecule has 0 saturated carbocycles. The van der Waals surface area contributed by atoms with E-state index in [1.807, 2.05) is 23.6 Å². The average Bonchev–Trinajstić information content (AvgIpc) is 3.20. The molecule has 0 fully saturated rings. The Bertz CT molecular complexity index is 697. The molecule has 26 heavy (non-hydrogen) atoms. The van der Waals surface area contributed by atoms with Crippen LogP contribution in [0.15, 0.2) is 41.8 Å². The van der Waals surface area contributed by atoms with Crippen molar-refractivity contribution in [3.63, 3.8) is 0 Å². The van der Waals surface area contributed by atoms with Crippen molar-refractivity contribution in [2.45, 2.75) is 33.4 Å². The highest BCUT2D eigenvalue weighted by molar-refractivity contribution is 7.12. The quantitative estimate of drug-likeness (QED) is 0.673. The number of hydrogen-bond acceptors (Lipinski definition) is 4. The van der Waals surface area contributed by atoms with Gasteiger partial charge in [0.05, 0.1) is 4.88 Å². The van der Waals surface area contributed by atoms with Crippen molar-refractivity contribution in [2.75, 3.05) is 19.6 Å². The molecule has 0 aliphatic rings. The van der Waals surface area contributed by atoms with Gasteiger partial charge in [-0.3, -0.25) is 14.5 Å². The van der Waals surface area contributed by atoms with Gasteiger partial charge in [0, 0.05) is 26.1 Å². The Balaban J connectivity index is 1.77. The maximum absolute atomic E-state index is 12.1. The topological polar surface area (TPSA) is 61.4 Å². The van der Waals surface area contributed by atoms with E-state index in [1.165, 1.54) is 16.9 Å². The van der Waals surface area contributed by atoms with Gasteiger partial charge in [0.2, 0.25) is 5.91 Å². The molecule has 0 unspecified atom stereocenters. The van der Waals surface area contributed by atoms with Crippen LogP contribution in [0.25, 0.3) is 0 Å². The summed E-state index contributed by atoms with van der Waals surface area (Å²) in [5, 5.41) is 7.58. The molecule has 2 N–H and O–H groups in total. The molecule has 1 aromatic carbocycles. The smallest absolute Gasteiger partial charge is 0.261 e. The van der Waals surface area contributed by atoms with Gasteiger partial charge >= 0.3 is 0 Å². The van der Waals surface area contributed by atoms with Crippen LogP contribution in [0.3, 0.4) is 0 Å². The molecule has 0 aliphatic heterocycles. The van der Waals surface area contributed by atoms with E-state index in [4.69, 9.17) is 0 Å². The lowest BCUT2D eigenvalue weighted by Crippen LogP contribution is -2.30. The molecule has 2 amide bonds. The molecule has 5 nitrogen and oxygen atoms in total. The normalized spacial score (nSPS) is 10.7. The van der Waals surface area contributed by atoms with Gasteiger partial charge in [-0.05, 0) is 35.7 Å². The summed E-state index contributed by atoms with van der Waals surface area (Å²) in [5.74, 6) is -0.188. The SMILES string of the molecule is CCN(CC)Cc1ccccc1CNC(=O)CCNC(=O)c1cccs1. The minimum atomic E-state index is -0.127. The second kappa shape index (κ2) is 10.7. The number of carbonyl (C=O) groups excluding carboxylic acids is 2. The zero-order chi connectivity index (χ0) is 18.8. The van der Waals surface area contributed by atoms with Gasteiger partial charge in [0.25, 0.3) is 5.91 Å². The van der Waals surface area contributed by atoms with Crippen molar-refractivity contribution >= 4 is 23.2 Å². The molecule has 2 aromatic rings. The fourth-order valence-corrected chi connectivity index (χ4v) is 3.28. The first-order valence-corrected chi connectivity index (χ1v) is 9.89. The third-order valence-corrected chi connectivity index (χ3v) is 5.13. The first kappa shape index (κ1) is 20.1. The first-order valence-electron chi connectivity index (χ1n) is 9.01. The number of nitrogens with zero attached hydrogens (tertiary/aromatic N) is 1. The van der Waals surface area contributed by atoms with Gasteiger partial charge < -0.3 is 10.6 Å². The fourth-order valence-electron chi connectivity index (χ4n) is 2.64. The Hall–Kier alpha value is -2.18. The van der Waals surface area contributed by atoms with Crippen LogP contribution in [0.4, 0.5) is 0 Å². The van der Waals surface area contributed by atoms with E-state index in [2.05, 4.69) is 41.5 Å². The molecule has 0 spiro atoms. The van der Waals surface area contributed by atoms with Crippen molar-refractivity contribution in [2.24, 2.45) is 0 Å². The van der Waals surface area contributed by atoms with Crippen LogP contribution in [0.5, 0.6) is 0 Å². The Morgan fingerprint density at radius 2 is 1.73 bits per heavy atom. The first-order chi connectivity index (χ1) is 12.6. The van der Waals surface area contributed by atoms with Gasteiger partial charge in [-0.15, -0.1) is 11.3 Å². The van der Waals surface area contributed by atoms with Crippen molar-refractivity contribution < 1.29 is 9.59 Å². The molecular weight excluding hydrogens is 346 g/mol. The van der Waals surface area contributed by atoms with Crippen molar-refractivity contribution in [1.82, 2.24) is 15.5 Å². The number of nitrogens with one attached hydrogen (secondary N) is 2. The minimum absolute atomic E-state index is 0.0610. The number of hydrogen-bond donors (Lipinski definition) is 2. The van der Waals surface area contributed by atoms with Crippen molar-refractivity contribution in [1.29, 1.82) is 0 Å². The van der Waals surface area contributed by atoms with Crippen LogP contribution in [-0.4, -0.2) is 36.3 Å². The van der Waals surface area contributed by atoms with Crippen LogP contribution >= 0.6 is 11.3 Å². The third kappa shape index (κ3) is 6.28. The molecule has 0 atom stereocenters. The monoisotopic (exact) mass is 373 g/mol. The number of carbonyl (C=O) groups is 2. The fraction of sp³-hybridized carbons (Fsp3) is 0.400. The Morgan fingerprint density at radius 3 is 2.38 bits per heavy atom. The lowest BCUT2D eigenvalue weighted by Gasteiger charge is -2.20. The number of rotatable bonds is 10. The summed E-state index contributed by atoms with van der Waals surface area (Å²) >= 11 is 1.39. The molecule has 2 rings (SSSR count). The van der Waals surface area contributed by atoms with Gasteiger partial charge in [-0.2, -0.15) is 0 Å². The van der Waals surface area contributed by atoms with E-state index < -0.39 is 0 Å². The second-order valence-corrected chi connectivity index (χ2v) is 6.94. The van der Waals surface area contributed by atoms with Crippen LogP contribution in [-0.2, 0) is 17.9 Å². The van der Waals surface area contributed by atoms with E-state index in [-0.39, 0.29) is 18.2 Å². The van der Waals surface area contributed by atoms with Gasteiger partial charge in [0.1, 0.15) is 0 Å². The summed E-state index contributed by atoms with van der Waals surface area (Å²) in [4.78, 5) is 26.9. The molecule has 140 valence electrons. The summed E-state index contributed by atoms with van der Waals surface area (Å²) in [5.41, 5.74) is 2.37. The summed E-state index contributed by atoms with van der Waals surface area (Å²) in [6.07, 6.45) is 0.273. The summed E-state index contributed by atoms with van der Waals surface area (Å²) in [7, 11) is 0. The maximum Gasteiger partial charge on any atom is 0.261 e. The highest BCUT2D eigenvalue weighted by Gasteiger charge is 2.09. The number of amides is 2.